The number of H-pyrrole nitrogens is 1. The van der Waals surface area contributed by atoms with E-state index in [2.05, 4.69) is 26.3 Å². The van der Waals surface area contributed by atoms with Crippen LogP contribution in [0.5, 0.6) is 0 Å². The van der Waals surface area contributed by atoms with Crippen molar-refractivity contribution < 1.29 is 14.6 Å². The number of aliphatic hydroxyl groups excluding tert-OH is 1. The summed E-state index contributed by atoms with van der Waals surface area (Å²) in [6.45, 7) is 3.66. The molecule has 2 aliphatic rings. The summed E-state index contributed by atoms with van der Waals surface area (Å²) in [6, 6.07) is 10.9. The van der Waals surface area contributed by atoms with Crippen LogP contribution in [-0.2, 0) is 4.74 Å². The number of rotatable bonds is 3. The molecule has 0 aromatic carbocycles. The van der Waals surface area contributed by atoms with Crippen molar-refractivity contribution in [1.82, 2.24) is 15.3 Å². The molecule has 3 N–H and O–H groups in total. The van der Waals surface area contributed by atoms with Crippen molar-refractivity contribution >= 4 is 11.7 Å². The second-order valence-electron chi connectivity index (χ2n) is 8.00. The van der Waals surface area contributed by atoms with Gasteiger partial charge < -0.3 is 25.0 Å². The summed E-state index contributed by atoms with van der Waals surface area (Å²) in [4.78, 5) is 21.9. The lowest BCUT2D eigenvalue weighted by Crippen LogP contribution is -2.69. The number of nitrogens with one attached hydrogen (secondary N) is 2. The highest BCUT2D eigenvalue weighted by atomic mass is 16.5. The van der Waals surface area contributed by atoms with Crippen LogP contribution in [0, 0.1) is 11.3 Å². The van der Waals surface area contributed by atoms with E-state index in [0.29, 0.717) is 50.3 Å². The monoisotopic (exact) mass is 395 g/mol. The fraction of sp³-hybridized carbons (Fsp3) is 0.476. The Morgan fingerprint density at radius 2 is 2.14 bits per heavy atom. The summed E-state index contributed by atoms with van der Waals surface area (Å²) in [6.07, 6.45) is 2.63. The fourth-order valence-electron chi connectivity index (χ4n) is 4.39. The topological polar surface area (TPSA) is 114 Å². The van der Waals surface area contributed by atoms with Crippen molar-refractivity contribution in [1.29, 1.82) is 5.26 Å². The Morgan fingerprint density at radius 3 is 2.83 bits per heavy atom. The summed E-state index contributed by atoms with van der Waals surface area (Å²) in [7, 11) is 0. The largest absolute Gasteiger partial charge is 0.388 e. The van der Waals surface area contributed by atoms with Crippen molar-refractivity contribution in [3.63, 3.8) is 0 Å². The van der Waals surface area contributed by atoms with E-state index < -0.39 is 17.2 Å². The van der Waals surface area contributed by atoms with Crippen LogP contribution in [0.2, 0.25) is 0 Å². The van der Waals surface area contributed by atoms with E-state index >= 15 is 0 Å². The Morgan fingerprint density at radius 1 is 1.34 bits per heavy atom. The number of hydrogen-bond acceptors (Lipinski definition) is 6. The third-order valence-corrected chi connectivity index (χ3v) is 6.14. The van der Waals surface area contributed by atoms with Crippen molar-refractivity contribution in [2.75, 3.05) is 24.6 Å². The molecule has 152 valence electrons. The van der Waals surface area contributed by atoms with Crippen LogP contribution in [-0.4, -0.2) is 57.9 Å². The van der Waals surface area contributed by atoms with Gasteiger partial charge in [0.25, 0.3) is 5.91 Å². The summed E-state index contributed by atoms with van der Waals surface area (Å²) in [5.74, 6) is 0.524. The molecule has 0 unspecified atom stereocenters. The zero-order chi connectivity index (χ0) is 20.5. The summed E-state index contributed by atoms with van der Waals surface area (Å²) in [5.41, 5.74) is -0.630. The zero-order valence-electron chi connectivity index (χ0n) is 16.4. The van der Waals surface area contributed by atoms with Gasteiger partial charge >= 0.3 is 0 Å². The first-order valence-electron chi connectivity index (χ1n) is 9.86. The normalized spacial score (nSPS) is 26.1. The van der Waals surface area contributed by atoms with E-state index in [9.17, 15) is 9.90 Å². The number of pyridine rings is 1. The Labute approximate surface area is 169 Å². The Balaban J connectivity index is 1.47. The summed E-state index contributed by atoms with van der Waals surface area (Å²) in [5, 5.41) is 23.3. The van der Waals surface area contributed by atoms with Crippen molar-refractivity contribution in [3.05, 3.63) is 47.9 Å². The smallest absolute Gasteiger partial charge is 0.268 e. The Hall–Kier alpha value is -2.89. The number of nitrogens with zero attached hydrogens (tertiary/aromatic N) is 3. The second-order valence-corrected chi connectivity index (χ2v) is 8.00. The first kappa shape index (κ1) is 19.4. The minimum absolute atomic E-state index is 0.233. The number of amides is 1. The molecule has 4 heterocycles. The molecule has 0 radical (unpaired) electrons. The fourth-order valence-corrected chi connectivity index (χ4v) is 4.39. The zero-order valence-corrected chi connectivity index (χ0v) is 16.4. The third kappa shape index (κ3) is 3.59. The molecule has 8 nitrogen and oxygen atoms in total. The number of piperidine rings is 1. The number of ether oxygens (including phenoxy) is 1. The molecule has 4 rings (SSSR count). The van der Waals surface area contributed by atoms with E-state index in [4.69, 9.17) is 10.00 Å². The van der Waals surface area contributed by atoms with Gasteiger partial charge in [-0.3, -0.25) is 4.79 Å². The molecule has 8 heteroatoms. The molecular formula is C21H25N5O3. The van der Waals surface area contributed by atoms with E-state index in [1.54, 1.807) is 24.4 Å². The maximum atomic E-state index is 12.6. The number of anilines is 1. The van der Waals surface area contributed by atoms with Gasteiger partial charge in [0.05, 0.1) is 11.1 Å². The minimum atomic E-state index is -0.830. The SMILES string of the molecule is C[C@]1(NC(=O)c2ccc[nH]2)CCOC2(CCN(c3cccc(C#N)n3)CC2)[C@@H]1O. The molecule has 29 heavy (non-hydrogen) atoms. The Kier molecular flexibility index (Phi) is 5.03. The van der Waals surface area contributed by atoms with E-state index in [-0.39, 0.29) is 5.91 Å². The van der Waals surface area contributed by atoms with Gasteiger partial charge in [-0.25, -0.2) is 4.98 Å². The highest BCUT2D eigenvalue weighted by Gasteiger charge is 2.54. The maximum absolute atomic E-state index is 12.6. The molecule has 2 aromatic heterocycles. The lowest BCUT2D eigenvalue weighted by Gasteiger charge is -2.53. The Bertz CT molecular complexity index is 915. The van der Waals surface area contributed by atoms with Crippen molar-refractivity contribution in [3.8, 4) is 6.07 Å². The molecule has 0 aliphatic carbocycles. The highest BCUT2D eigenvalue weighted by Crippen LogP contribution is 2.40. The van der Waals surface area contributed by atoms with Crippen molar-refractivity contribution in [2.45, 2.75) is 43.4 Å². The number of carbonyl (C=O) groups is 1. The molecule has 0 bridgehead atoms. The van der Waals surface area contributed by atoms with Crippen LogP contribution >= 0.6 is 0 Å². The number of aromatic amines is 1. The molecular weight excluding hydrogens is 370 g/mol. The number of hydrogen-bond donors (Lipinski definition) is 3. The van der Waals surface area contributed by atoms with Crippen LogP contribution in [0.1, 0.15) is 42.4 Å². The van der Waals surface area contributed by atoms with Crippen molar-refractivity contribution in [2.24, 2.45) is 0 Å². The number of carbonyl (C=O) groups excluding carboxylic acids is 1. The van der Waals surface area contributed by atoms with Gasteiger partial charge in [-0.2, -0.15) is 5.26 Å². The van der Waals surface area contributed by atoms with Gasteiger partial charge in [0, 0.05) is 25.9 Å². The first-order valence-corrected chi connectivity index (χ1v) is 9.86. The minimum Gasteiger partial charge on any atom is -0.388 e. The maximum Gasteiger partial charge on any atom is 0.268 e. The molecule has 0 saturated carbocycles. The van der Waals surface area contributed by atoms with E-state index in [0.717, 1.165) is 5.82 Å². The van der Waals surface area contributed by atoms with Crippen LogP contribution in [0.25, 0.3) is 0 Å². The van der Waals surface area contributed by atoms with E-state index in [1.165, 1.54) is 0 Å². The van der Waals surface area contributed by atoms with Gasteiger partial charge in [0.1, 0.15) is 29.4 Å². The van der Waals surface area contributed by atoms with Gasteiger partial charge in [0.2, 0.25) is 0 Å². The van der Waals surface area contributed by atoms with Crippen LogP contribution in [0.3, 0.4) is 0 Å². The molecule has 2 aliphatic heterocycles. The molecule has 2 aromatic rings. The molecule has 1 spiro atoms. The van der Waals surface area contributed by atoms with Crippen LogP contribution in [0.15, 0.2) is 36.5 Å². The van der Waals surface area contributed by atoms with Crippen LogP contribution < -0.4 is 10.2 Å². The molecule has 2 fully saturated rings. The van der Waals surface area contributed by atoms with E-state index in [1.807, 2.05) is 19.1 Å². The average molecular weight is 395 g/mol. The quantitative estimate of drug-likeness (QED) is 0.727. The number of nitriles is 1. The number of aliphatic hydroxyl groups is 1. The highest BCUT2D eigenvalue weighted by molar-refractivity contribution is 5.92. The summed E-state index contributed by atoms with van der Waals surface area (Å²) >= 11 is 0. The van der Waals surface area contributed by atoms with Gasteiger partial charge in [-0.15, -0.1) is 0 Å². The predicted octanol–water partition coefficient (Wildman–Crippen LogP) is 1.59. The molecule has 2 atom stereocenters. The standard InChI is InChI=1S/C21H25N5O3/c1-20(25-18(27)16-5-3-10-23-16)9-13-29-21(19(20)28)7-11-26(12-8-21)17-6-2-4-15(14-22)24-17/h2-6,10,19,23,28H,7-9,11-13H2,1H3,(H,25,27)/t19-,20+/m1/s1. The first-order chi connectivity index (χ1) is 14.0. The van der Waals surface area contributed by atoms with Crippen LogP contribution in [0.4, 0.5) is 5.82 Å². The lowest BCUT2D eigenvalue weighted by molar-refractivity contribution is -0.195. The molecule has 1 amide bonds. The second kappa shape index (κ2) is 7.50. The van der Waals surface area contributed by atoms with Gasteiger partial charge in [0.15, 0.2) is 0 Å². The van der Waals surface area contributed by atoms with Gasteiger partial charge in [-0.1, -0.05) is 6.07 Å². The molecule has 2 saturated heterocycles. The van der Waals surface area contributed by atoms with Gasteiger partial charge in [-0.05, 0) is 50.5 Å². The predicted molar refractivity (Wildman–Crippen MR) is 106 cm³/mol. The third-order valence-electron chi connectivity index (χ3n) is 6.14. The number of aromatic nitrogens is 2. The lowest BCUT2D eigenvalue weighted by atomic mass is 9.73. The summed E-state index contributed by atoms with van der Waals surface area (Å²) < 4.78 is 6.11. The average Bonchev–Trinajstić information content (AvgIpc) is 3.28.